The van der Waals surface area contributed by atoms with Crippen molar-refractivity contribution < 1.29 is 13.2 Å². The van der Waals surface area contributed by atoms with Gasteiger partial charge in [0.15, 0.2) is 0 Å². The van der Waals surface area contributed by atoms with Gasteiger partial charge < -0.3 is 9.64 Å². The fraction of sp³-hybridized carbons (Fsp3) is 0.368. The Morgan fingerprint density at radius 2 is 1.85 bits per heavy atom. The largest absolute Gasteiger partial charge is 0.377 e. The molecule has 1 aliphatic heterocycles. The fourth-order valence-corrected chi connectivity index (χ4v) is 4.59. The average Bonchev–Trinajstić information content (AvgIpc) is 2.57. The van der Waals surface area contributed by atoms with E-state index in [4.69, 9.17) is 16.3 Å². The number of nitrogens with one attached hydrogen (secondary N) is 1. The molecule has 0 unspecified atom stereocenters. The Morgan fingerprint density at radius 3 is 2.50 bits per heavy atom. The Bertz CT molecular complexity index is 867. The maximum atomic E-state index is 12.4. The SMILES string of the molecule is CC1(C)COCCN1c1ccc(NS(=O)(=O)Cc2ccccc2Cl)cc1. The molecule has 1 N–H and O–H groups in total. The molecule has 0 aromatic heterocycles. The van der Waals surface area contributed by atoms with Gasteiger partial charge in [0.2, 0.25) is 10.0 Å². The Kier molecular flexibility index (Phi) is 5.46. The number of sulfonamides is 1. The second-order valence-corrected chi connectivity index (χ2v) is 9.15. The van der Waals surface area contributed by atoms with Crippen LogP contribution in [0.25, 0.3) is 0 Å². The first-order valence-electron chi connectivity index (χ1n) is 8.46. The van der Waals surface area contributed by atoms with E-state index in [9.17, 15) is 8.42 Å². The normalized spacial score (nSPS) is 17.1. The first kappa shape index (κ1) is 19.0. The van der Waals surface area contributed by atoms with Crippen molar-refractivity contribution in [2.45, 2.75) is 25.1 Å². The highest BCUT2D eigenvalue weighted by Gasteiger charge is 2.30. The number of hydrogen-bond acceptors (Lipinski definition) is 4. The molecule has 2 aromatic carbocycles. The molecule has 1 aliphatic rings. The van der Waals surface area contributed by atoms with Crippen molar-refractivity contribution in [1.29, 1.82) is 0 Å². The number of morpholine rings is 1. The van der Waals surface area contributed by atoms with Crippen LogP contribution >= 0.6 is 11.6 Å². The lowest BCUT2D eigenvalue weighted by molar-refractivity contribution is 0.0644. The van der Waals surface area contributed by atoms with Crippen molar-refractivity contribution >= 4 is 33.0 Å². The number of hydrogen-bond donors (Lipinski definition) is 1. The van der Waals surface area contributed by atoms with Crippen molar-refractivity contribution in [2.24, 2.45) is 0 Å². The summed E-state index contributed by atoms with van der Waals surface area (Å²) in [4.78, 5) is 2.28. The summed E-state index contributed by atoms with van der Waals surface area (Å²) in [5.41, 5.74) is 2.07. The minimum absolute atomic E-state index is 0.0939. The molecule has 0 amide bonds. The zero-order valence-corrected chi connectivity index (χ0v) is 16.5. The molecule has 1 saturated heterocycles. The average molecular weight is 395 g/mol. The van der Waals surface area contributed by atoms with Crippen LogP contribution in [0.4, 0.5) is 11.4 Å². The fourth-order valence-electron chi connectivity index (χ4n) is 3.08. The van der Waals surface area contributed by atoms with E-state index < -0.39 is 10.0 Å². The Hall–Kier alpha value is -1.76. The van der Waals surface area contributed by atoms with Gasteiger partial charge >= 0.3 is 0 Å². The minimum Gasteiger partial charge on any atom is -0.377 e. The summed E-state index contributed by atoms with van der Waals surface area (Å²) in [5.74, 6) is -0.162. The van der Waals surface area contributed by atoms with E-state index in [1.165, 1.54) is 0 Å². The first-order chi connectivity index (χ1) is 12.3. The van der Waals surface area contributed by atoms with Crippen LogP contribution < -0.4 is 9.62 Å². The van der Waals surface area contributed by atoms with E-state index >= 15 is 0 Å². The van der Waals surface area contributed by atoms with Crippen LogP contribution in [0, 0.1) is 0 Å². The third-order valence-electron chi connectivity index (χ3n) is 4.40. The molecule has 2 aromatic rings. The topological polar surface area (TPSA) is 58.6 Å². The number of benzene rings is 2. The van der Waals surface area contributed by atoms with Gasteiger partial charge in [0.25, 0.3) is 0 Å². The maximum Gasteiger partial charge on any atom is 0.236 e. The van der Waals surface area contributed by atoms with E-state index in [1.54, 1.807) is 36.4 Å². The Labute approximate surface area is 160 Å². The van der Waals surface area contributed by atoms with Crippen LogP contribution in [0.5, 0.6) is 0 Å². The van der Waals surface area contributed by atoms with Gasteiger partial charge in [-0.1, -0.05) is 29.8 Å². The van der Waals surface area contributed by atoms with Gasteiger partial charge in [-0.05, 0) is 49.7 Å². The third kappa shape index (κ3) is 4.50. The summed E-state index contributed by atoms with van der Waals surface area (Å²) in [6.07, 6.45) is 0. The van der Waals surface area contributed by atoms with Gasteiger partial charge in [0.1, 0.15) is 0 Å². The summed E-state index contributed by atoms with van der Waals surface area (Å²) in [5, 5.41) is 0.447. The Balaban J connectivity index is 1.72. The number of rotatable bonds is 5. The molecule has 7 heteroatoms. The summed E-state index contributed by atoms with van der Waals surface area (Å²) < 4.78 is 33.0. The molecule has 0 atom stereocenters. The molecule has 0 saturated carbocycles. The van der Waals surface area contributed by atoms with E-state index in [1.807, 2.05) is 12.1 Å². The van der Waals surface area contributed by atoms with Gasteiger partial charge in [-0.15, -0.1) is 0 Å². The highest BCUT2D eigenvalue weighted by Crippen LogP contribution is 2.28. The molecule has 5 nitrogen and oxygen atoms in total. The van der Waals surface area contributed by atoms with Gasteiger partial charge in [0, 0.05) is 22.9 Å². The molecule has 1 fully saturated rings. The van der Waals surface area contributed by atoms with Crippen molar-refractivity contribution in [2.75, 3.05) is 29.4 Å². The predicted molar refractivity (Wildman–Crippen MR) is 106 cm³/mol. The smallest absolute Gasteiger partial charge is 0.236 e. The number of ether oxygens (including phenoxy) is 1. The zero-order valence-electron chi connectivity index (χ0n) is 14.9. The second kappa shape index (κ2) is 7.47. The van der Waals surface area contributed by atoms with Crippen molar-refractivity contribution in [3.05, 3.63) is 59.1 Å². The van der Waals surface area contributed by atoms with Crippen LogP contribution in [-0.4, -0.2) is 33.7 Å². The van der Waals surface area contributed by atoms with Gasteiger partial charge in [-0.25, -0.2) is 8.42 Å². The molecule has 0 radical (unpaired) electrons. The highest BCUT2D eigenvalue weighted by molar-refractivity contribution is 7.91. The quantitative estimate of drug-likeness (QED) is 0.835. The second-order valence-electron chi connectivity index (χ2n) is 7.02. The van der Waals surface area contributed by atoms with Gasteiger partial charge in [-0.3, -0.25) is 4.72 Å². The van der Waals surface area contributed by atoms with E-state index in [2.05, 4.69) is 23.5 Å². The van der Waals surface area contributed by atoms with Gasteiger partial charge in [0.05, 0.1) is 24.5 Å². The minimum atomic E-state index is -3.54. The molecule has 0 spiro atoms. The van der Waals surface area contributed by atoms with E-state index in [-0.39, 0.29) is 11.3 Å². The first-order valence-corrected chi connectivity index (χ1v) is 10.5. The van der Waals surface area contributed by atoms with Crippen LogP contribution in [0.1, 0.15) is 19.4 Å². The van der Waals surface area contributed by atoms with Crippen LogP contribution in [-0.2, 0) is 20.5 Å². The van der Waals surface area contributed by atoms with Crippen LogP contribution in [0.15, 0.2) is 48.5 Å². The molecule has 0 aliphatic carbocycles. The molecule has 0 bridgehead atoms. The van der Waals surface area contributed by atoms with Crippen LogP contribution in [0.3, 0.4) is 0 Å². The summed E-state index contributed by atoms with van der Waals surface area (Å²) in [7, 11) is -3.54. The maximum absolute atomic E-state index is 12.4. The molecule has 140 valence electrons. The lowest BCUT2D eigenvalue weighted by Gasteiger charge is -2.43. The van der Waals surface area contributed by atoms with Gasteiger partial charge in [-0.2, -0.15) is 0 Å². The van der Waals surface area contributed by atoms with E-state index in [0.29, 0.717) is 29.5 Å². The molecule has 3 rings (SSSR count). The molecule has 26 heavy (non-hydrogen) atoms. The van der Waals surface area contributed by atoms with Crippen molar-refractivity contribution in [1.82, 2.24) is 0 Å². The molecular weight excluding hydrogens is 372 g/mol. The number of halogens is 1. The van der Waals surface area contributed by atoms with E-state index in [0.717, 1.165) is 12.2 Å². The van der Waals surface area contributed by atoms with Crippen LogP contribution in [0.2, 0.25) is 5.02 Å². The predicted octanol–water partition coefficient (Wildman–Crippen LogP) is 3.90. The molecular formula is C19H23ClN2O3S. The van der Waals surface area contributed by atoms with Crippen molar-refractivity contribution in [3.63, 3.8) is 0 Å². The lowest BCUT2D eigenvalue weighted by Crippen LogP contribution is -2.53. The highest BCUT2D eigenvalue weighted by atomic mass is 35.5. The standard InChI is InChI=1S/C19H23ClN2O3S/c1-19(2)14-25-12-11-22(19)17-9-7-16(8-10-17)21-26(23,24)13-15-5-3-4-6-18(15)20/h3-10,21H,11-14H2,1-2H3. The number of nitrogens with zero attached hydrogens (tertiary/aromatic N) is 1. The zero-order chi connectivity index (χ0) is 18.8. The van der Waals surface area contributed by atoms with Crippen molar-refractivity contribution in [3.8, 4) is 0 Å². The summed E-state index contributed by atoms with van der Waals surface area (Å²) in [6, 6.07) is 14.4. The monoisotopic (exact) mass is 394 g/mol. The summed E-state index contributed by atoms with van der Waals surface area (Å²) in [6.45, 7) is 6.43. The molecule has 1 heterocycles. The Morgan fingerprint density at radius 1 is 1.15 bits per heavy atom. The summed E-state index contributed by atoms with van der Waals surface area (Å²) >= 11 is 6.06. The lowest BCUT2D eigenvalue weighted by atomic mass is 10.0. The number of anilines is 2. The third-order valence-corrected chi connectivity index (χ3v) is 6.01.